The Kier molecular flexibility index (Phi) is 3.92. The summed E-state index contributed by atoms with van der Waals surface area (Å²) in [5, 5.41) is 2.85. The second-order valence-corrected chi connectivity index (χ2v) is 5.76. The van der Waals surface area contributed by atoms with Gasteiger partial charge in [0.2, 0.25) is 5.91 Å². The molecule has 116 valence electrons. The first-order chi connectivity index (χ1) is 10.6. The number of halogens is 1. The third kappa shape index (κ3) is 2.61. The summed E-state index contributed by atoms with van der Waals surface area (Å²) in [6.07, 6.45) is 5.15. The molecule has 0 saturated heterocycles. The molecule has 1 N–H and O–H groups in total. The smallest absolute Gasteiger partial charge is 0.265 e. The maximum Gasteiger partial charge on any atom is 0.265 e. The van der Waals surface area contributed by atoms with Crippen molar-refractivity contribution in [1.82, 2.24) is 10.2 Å². The van der Waals surface area contributed by atoms with E-state index in [2.05, 4.69) is 5.32 Å². The van der Waals surface area contributed by atoms with Gasteiger partial charge in [-0.1, -0.05) is 25.3 Å². The third-order valence-electron chi connectivity index (χ3n) is 4.22. The lowest BCUT2D eigenvalue weighted by molar-refractivity contribution is -0.122. The minimum atomic E-state index is -0.739. The van der Waals surface area contributed by atoms with Crippen molar-refractivity contribution < 1.29 is 18.8 Å². The molecule has 0 radical (unpaired) electrons. The normalized spacial score (nSPS) is 18.5. The van der Waals surface area contributed by atoms with E-state index in [4.69, 9.17) is 0 Å². The largest absolute Gasteiger partial charge is 0.352 e. The molecule has 22 heavy (non-hydrogen) atoms. The van der Waals surface area contributed by atoms with Gasteiger partial charge in [0.1, 0.15) is 12.4 Å². The lowest BCUT2D eigenvalue weighted by atomic mass is 9.95. The lowest BCUT2D eigenvalue weighted by Crippen LogP contribution is -2.44. The predicted octanol–water partition coefficient (Wildman–Crippen LogP) is 1.87. The third-order valence-corrected chi connectivity index (χ3v) is 4.22. The molecule has 5 nitrogen and oxygen atoms in total. The molecule has 0 aromatic heterocycles. The molecular formula is C16H17FN2O3. The number of carbonyl (C=O) groups excluding carboxylic acids is 3. The van der Waals surface area contributed by atoms with Crippen LogP contribution in [0, 0.1) is 5.82 Å². The number of benzene rings is 1. The van der Waals surface area contributed by atoms with Crippen LogP contribution in [0.25, 0.3) is 0 Å². The summed E-state index contributed by atoms with van der Waals surface area (Å²) >= 11 is 0. The average Bonchev–Trinajstić information content (AvgIpc) is 2.74. The zero-order valence-corrected chi connectivity index (χ0v) is 12.1. The van der Waals surface area contributed by atoms with Crippen LogP contribution in [-0.4, -0.2) is 35.2 Å². The molecule has 0 bridgehead atoms. The minimum Gasteiger partial charge on any atom is -0.352 e. The van der Waals surface area contributed by atoms with E-state index in [0.29, 0.717) is 0 Å². The fraction of sp³-hybridized carbons (Fsp3) is 0.438. The monoisotopic (exact) mass is 304 g/mol. The van der Waals surface area contributed by atoms with Gasteiger partial charge in [0, 0.05) is 6.04 Å². The summed E-state index contributed by atoms with van der Waals surface area (Å²) in [7, 11) is 0. The van der Waals surface area contributed by atoms with Crippen LogP contribution in [0.3, 0.4) is 0 Å². The topological polar surface area (TPSA) is 66.5 Å². The number of amides is 3. The first-order valence-corrected chi connectivity index (χ1v) is 7.52. The molecule has 3 amide bonds. The Morgan fingerprint density at radius 2 is 1.91 bits per heavy atom. The van der Waals surface area contributed by atoms with Crippen LogP contribution in [0.4, 0.5) is 4.39 Å². The SMILES string of the molecule is O=C(CN1C(=O)c2cccc(F)c2C1=O)NC1CCCCC1. The summed E-state index contributed by atoms with van der Waals surface area (Å²) in [5.41, 5.74) is -0.214. The van der Waals surface area contributed by atoms with Crippen LogP contribution in [0.1, 0.15) is 52.8 Å². The van der Waals surface area contributed by atoms with Crippen molar-refractivity contribution in [3.05, 3.63) is 35.1 Å². The van der Waals surface area contributed by atoms with Crippen molar-refractivity contribution in [2.45, 2.75) is 38.1 Å². The van der Waals surface area contributed by atoms with Crippen molar-refractivity contribution in [2.24, 2.45) is 0 Å². The zero-order chi connectivity index (χ0) is 15.7. The van der Waals surface area contributed by atoms with Gasteiger partial charge in [-0.3, -0.25) is 19.3 Å². The van der Waals surface area contributed by atoms with E-state index in [1.165, 1.54) is 18.6 Å². The van der Waals surface area contributed by atoms with Gasteiger partial charge in [0.05, 0.1) is 11.1 Å². The summed E-state index contributed by atoms with van der Waals surface area (Å²) in [6.45, 7) is -0.359. The van der Waals surface area contributed by atoms with Crippen LogP contribution < -0.4 is 5.32 Å². The van der Waals surface area contributed by atoms with Crippen molar-refractivity contribution in [2.75, 3.05) is 6.54 Å². The second kappa shape index (κ2) is 5.87. The number of carbonyl (C=O) groups is 3. The maximum absolute atomic E-state index is 13.7. The summed E-state index contributed by atoms with van der Waals surface area (Å²) < 4.78 is 13.7. The highest BCUT2D eigenvalue weighted by atomic mass is 19.1. The molecule has 0 atom stereocenters. The highest BCUT2D eigenvalue weighted by Crippen LogP contribution is 2.25. The fourth-order valence-electron chi connectivity index (χ4n) is 3.10. The van der Waals surface area contributed by atoms with E-state index in [9.17, 15) is 18.8 Å². The molecule has 2 aliphatic rings. The highest BCUT2D eigenvalue weighted by Gasteiger charge is 2.38. The van der Waals surface area contributed by atoms with Gasteiger partial charge >= 0.3 is 0 Å². The Morgan fingerprint density at radius 3 is 2.59 bits per heavy atom. The molecule has 1 saturated carbocycles. The number of rotatable bonds is 3. The van der Waals surface area contributed by atoms with Gasteiger partial charge in [-0.15, -0.1) is 0 Å². The van der Waals surface area contributed by atoms with Gasteiger partial charge in [-0.2, -0.15) is 0 Å². The molecule has 1 aromatic rings. The number of hydrogen-bond donors (Lipinski definition) is 1. The average molecular weight is 304 g/mol. The molecule has 3 rings (SSSR count). The Morgan fingerprint density at radius 1 is 1.18 bits per heavy atom. The van der Waals surface area contributed by atoms with Crippen molar-refractivity contribution in [1.29, 1.82) is 0 Å². The Bertz CT molecular complexity index is 638. The predicted molar refractivity (Wildman–Crippen MR) is 76.8 cm³/mol. The van der Waals surface area contributed by atoms with Crippen LogP contribution in [0.5, 0.6) is 0 Å². The Hall–Kier alpha value is -2.24. The van der Waals surface area contributed by atoms with Gasteiger partial charge in [0.15, 0.2) is 0 Å². The zero-order valence-electron chi connectivity index (χ0n) is 12.1. The Balaban J connectivity index is 1.69. The van der Waals surface area contributed by atoms with E-state index in [0.717, 1.165) is 36.6 Å². The van der Waals surface area contributed by atoms with Crippen molar-refractivity contribution in [3.63, 3.8) is 0 Å². The standard InChI is InChI=1S/C16H17FN2O3/c17-12-8-4-7-11-14(12)16(22)19(15(11)21)9-13(20)18-10-5-2-1-3-6-10/h4,7-8,10H,1-3,5-6,9H2,(H,18,20). The molecule has 1 heterocycles. The van der Waals surface area contributed by atoms with Gasteiger partial charge in [0.25, 0.3) is 11.8 Å². The van der Waals surface area contributed by atoms with Gasteiger partial charge < -0.3 is 5.32 Å². The quantitative estimate of drug-likeness (QED) is 0.867. The van der Waals surface area contributed by atoms with E-state index >= 15 is 0 Å². The van der Waals surface area contributed by atoms with Crippen LogP contribution in [-0.2, 0) is 4.79 Å². The number of fused-ring (bicyclic) bond motifs is 1. The van der Waals surface area contributed by atoms with E-state index < -0.39 is 17.6 Å². The molecule has 1 fully saturated rings. The summed E-state index contributed by atoms with van der Waals surface area (Å²) in [6, 6.07) is 4.02. The number of nitrogens with one attached hydrogen (secondary N) is 1. The number of imide groups is 1. The Labute approximate surface area is 127 Å². The van der Waals surface area contributed by atoms with Gasteiger partial charge in [-0.25, -0.2) is 4.39 Å². The fourth-order valence-corrected chi connectivity index (χ4v) is 3.10. The highest BCUT2D eigenvalue weighted by molar-refractivity contribution is 6.22. The maximum atomic E-state index is 13.7. The molecule has 6 heteroatoms. The van der Waals surface area contributed by atoms with Gasteiger partial charge in [-0.05, 0) is 25.0 Å². The van der Waals surface area contributed by atoms with Crippen molar-refractivity contribution >= 4 is 17.7 Å². The molecule has 1 aliphatic heterocycles. The van der Waals surface area contributed by atoms with Crippen LogP contribution in [0.15, 0.2) is 18.2 Å². The molecule has 0 unspecified atom stereocenters. The molecule has 1 aliphatic carbocycles. The number of hydrogen-bond acceptors (Lipinski definition) is 3. The first-order valence-electron chi connectivity index (χ1n) is 7.52. The number of nitrogens with zero attached hydrogens (tertiary/aromatic N) is 1. The molecular weight excluding hydrogens is 287 g/mol. The molecule has 0 spiro atoms. The van der Waals surface area contributed by atoms with Crippen LogP contribution in [0.2, 0.25) is 0 Å². The van der Waals surface area contributed by atoms with Crippen LogP contribution >= 0.6 is 0 Å². The molecule has 1 aromatic carbocycles. The minimum absolute atomic E-state index is 0.0236. The van der Waals surface area contributed by atoms with Crippen molar-refractivity contribution in [3.8, 4) is 0 Å². The summed E-state index contributed by atoms with van der Waals surface area (Å²) in [5.74, 6) is -2.46. The van der Waals surface area contributed by atoms with E-state index in [-0.39, 0.29) is 29.6 Å². The van der Waals surface area contributed by atoms with E-state index in [1.807, 2.05) is 0 Å². The van der Waals surface area contributed by atoms with E-state index in [1.54, 1.807) is 0 Å². The summed E-state index contributed by atoms with van der Waals surface area (Å²) in [4.78, 5) is 37.1. The lowest BCUT2D eigenvalue weighted by Gasteiger charge is -2.23. The second-order valence-electron chi connectivity index (χ2n) is 5.76. The first kappa shape index (κ1) is 14.7.